The fourth-order valence-electron chi connectivity index (χ4n) is 8.86. The van der Waals surface area contributed by atoms with Gasteiger partial charge in [0, 0.05) is 62.8 Å². The minimum Gasteiger partial charge on any atom is -0.309 e. The van der Waals surface area contributed by atoms with E-state index in [-0.39, 0.29) is 0 Å². The molecule has 0 aliphatic rings. The van der Waals surface area contributed by atoms with E-state index < -0.39 is 0 Å². The van der Waals surface area contributed by atoms with Crippen molar-refractivity contribution < 1.29 is 0 Å². The van der Waals surface area contributed by atoms with Crippen LogP contribution in [0.25, 0.3) is 115 Å². The Kier molecular flexibility index (Phi) is 6.27. The van der Waals surface area contributed by atoms with Gasteiger partial charge in [-0.15, -0.1) is 0 Å². The van der Waals surface area contributed by atoms with Crippen molar-refractivity contribution in [2.45, 2.75) is 0 Å². The zero-order chi connectivity index (χ0) is 36.0. The van der Waals surface area contributed by atoms with Crippen molar-refractivity contribution in [3.8, 4) is 27.9 Å². The van der Waals surface area contributed by atoms with Crippen LogP contribution in [0.15, 0.2) is 176 Å². The third-order valence-electron chi connectivity index (χ3n) is 11.3. The first-order valence-electron chi connectivity index (χ1n) is 18.5. The summed E-state index contributed by atoms with van der Waals surface area (Å²) in [5.74, 6) is 0. The Hall–Kier alpha value is -7.50. The molecule has 0 N–H and O–H groups in total. The van der Waals surface area contributed by atoms with Crippen LogP contribution in [0, 0.1) is 0 Å². The van der Waals surface area contributed by atoms with Crippen LogP contribution in [-0.2, 0) is 0 Å². The van der Waals surface area contributed by atoms with Crippen LogP contribution in [0.2, 0.25) is 0 Å². The first-order valence-corrected chi connectivity index (χ1v) is 18.5. The Balaban J connectivity index is 1.09. The average molecular weight is 700 g/mol. The molecule has 0 unspecified atom stereocenters. The highest BCUT2D eigenvalue weighted by Gasteiger charge is 2.17. The van der Waals surface area contributed by atoms with Gasteiger partial charge >= 0.3 is 0 Å². The van der Waals surface area contributed by atoms with Gasteiger partial charge in [0.1, 0.15) is 0 Å². The second-order valence-corrected chi connectivity index (χ2v) is 14.3. The van der Waals surface area contributed by atoms with E-state index in [1.807, 2.05) is 0 Å². The average Bonchev–Trinajstić information content (AvgIpc) is 3.59. The van der Waals surface area contributed by atoms with Gasteiger partial charge in [0.15, 0.2) is 0 Å². The van der Waals surface area contributed by atoms with Crippen molar-refractivity contribution in [1.29, 1.82) is 0 Å². The molecule has 0 saturated carbocycles. The molecule has 0 fully saturated rings. The molecule has 3 heterocycles. The Bertz CT molecular complexity index is 3260. The summed E-state index contributed by atoms with van der Waals surface area (Å²) >= 11 is 0. The first-order chi connectivity index (χ1) is 27.3. The number of aromatic nitrogens is 5. The molecule has 3 aromatic heterocycles. The van der Waals surface area contributed by atoms with Gasteiger partial charge in [0.05, 0.1) is 33.1 Å². The standard InChI is InChI=1S/C50H29N5/c1-2-8-34(9-3-1)55-45-20-16-32(30-14-18-39-41(26-30)35-10-4-6-12-37(35)47-49(39)53-24-22-51-47)28-43(45)44-29-33(17-21-46(44)55)31-15-19-40-42(27-31)36-11-5-7-13-38(36)48-50(40)54-25-23-52-48/h1-29H. The summed E-state index contributed by atoms with van der Waals surface area (Å²) in [4.78, 5) is 19.0. The molecule has 5 nitrogen and oxygen atoms in total. The summed E-state index contributed by atoms with van der Waals surface area (Å²) in [6.07, 6.45) is 7.12. The normalized spacial score (nSPS) is 12.0. The van der Waals surface area contributed by atoms with E-state index in [1.165, 1.54) is 54.5 Å². The Morgan fingerprint density at radius 1 is 0.273 bits per heavy atom. The lowest BCUT2D eigenvalue weighted by molar-refractivity contribution is 1.18. The molecule has 0 radical (unpaired) electrons. The van der Waals surface area contributed by atoms with E-state index in [1.54, 1.807) is 24.8 Å². The van der Waals surface area contributed by atoms with Crippen molar-refractivity contribution in [1.82, 2.24) is 24.5 Å². The lowest BCUT2D eigenvalue weighted by atomic mass is 9.94. The number of para-hydroxylation sites is 1. The monoisotopic (exact) mass is 699 g/mol. The van der Waals surface area contributed by atoms with Crippen molar-refractivity contribution in [3.63, 3.8) is 0 Å². The lowest BCUT2D eigenvalue weighted by Crippen LogP contribution is -1.93. The molecule has 9 aromatic carbocycles. The molecule has 12 rings (SSSR count). The summed E-state index contributed by atoms with van der Waals surface area (Å²) < 4.78 is 2.38. The van der Waals surface area contributed by atoms with E-state index >= 15 is 0 Å². The Morgan fingerprint density at radius 2 is 0.618 bits per heavy atom. The van der Waals surface area contributed by atoms with E-state index in [4.69, 9.17) is 19.9 Å². The molecule has 0 aliphatic heterocycles. The summed E-state index contributed by atoms with van der Waals surface area (Å²) in [7, 11) is 0. The molecular weight excluding hydrogens is 671 g/mol. The van der Waals surface area contributed by atoms with Crippen LogP contribution in [-0.4, -0.2) is 24.5 Å². The Labute approximate surface area is 314 Å². The number of nitrogens with zero attached hydrogens (tertiary/aromatic N) is 5. The molecule has 254 valence electrons. The lowest BCUT2D eigenvalue weighted by Gasteiger charge is -2.11. The SMILES string of the molecule is c1ccc(-n2c3ccc(-c4ccc5c(c4)c4ccccc4c4nccnc54)cc3c3cc(-c4ccc5c(c4)c4ccccc4c4nccnc54)ccc32)cc1. The van der Waals surface area contributed by atoms with E-state index in [0.717, 1.165) is 60.4 Å². The van der Waals surface area contributed by atoms with Crippen molar-refractivity contribution in [3.05, 3.63) is 176 Å². The minimum atomic E-state index is 0.930. The van der Waals surface area contributed by atoms with Crippen LogP contribution >= 0.6 is 0 Å². The first kappa shape index (κ1) is 30.0. The van der Waals surface area contributed by atoms with Crippen LogP contribution in [0.4, 0.5) is 0 Å². The molecule has 0 amide bonds. The Morgan fingerprint density at radius 3 is 1.05 bits per heavy atom. The van der Waals surface area contributed by atoms with Gasteiger partial charge in [-0.25, -0.2) is 0 Å². The van der Waals surface area contributed by atoms with E-state index in [0.29, 0.717) is 0 Å². The van der Waals surface area contributed by atoms with Gasteiger partial charge in [-0.05, 0) is 92.3 Å². The molecule has 0 saturated heterocycles. The third kappa shape index (κ3) is 4.41. The predicted octanol–water partition coefficient (Wildman–Crippen LogP) is 12.6. The summed E-state index contributed by atoms with van der Waals surface area (Å²) in [6, 6.07) is 55.0. The second kappa shape index (κ2) is 11.5. The number of hydrogen-bond acceptors (Lipinski definition) is 4. The largest absolute Gasteiger partial charge is 0.309 e. The van der Waals surface area contributed by atoms with Crippen LogP contribution in [0.5, 0.6) is 0 Å². The van der Waals surface area contributed by atoms with E-state index in [2.05, 4.69) is 156 Å². The smallest absolute Gasteiger partial charge is 0.0971 e. The highest BCUT2D eigenvalue weighted by molar-refractivity contribution is 6.25. The van der Waals surface area contributed by atoms with Crippen LogP contribution in [0.1, 0.15) is 0 Å². The number of hydrogen-bond donors (Lipinski definition) is 0. The molecule has 0 aliphatic carbocycles. The molecule has 5 heteroatoms. The quantitative estimate of drug-likeness (QED) is 0.172. The predicted molar refractivity (Wildman–Crippen MR) is 228 cm³/mol. The maximum absolute atomic E-state index is 4.78. The molecule has 12 aromatic rings. The van der Waals surface area contributed by atoms with Crippen molar-refractivity contribution in [2.75, 3.05) is 0 Å². The summed E-state index contributed by atoms with van der Waals surface area (Å²) in [5, 5.41) is 11.6. The molecule has 0 atom stereocenters. The fourth-order valence-corrected chi connectivity index (χ4v) is 8.86. The number of rotatable bonds is 3. The van der Waals surface area contributed by atoms with Gasteiger partial charge in [-0.3, -0.25) is 19.9 Å². The minimum absolute atomic E-state index is 0.930. The summed E-state index contributed by atoms with van der Waals surface area (Å²) in [5.41, 5.74) is 11.9. The zero-order valence-electron chi connectivity index (χ0n) is 29.5. The van der Waals surface area contributed by atoms with Crippen molar-refractivity contribution >= 4 is 87.0 Å². The van der Waals surface area contributed by atoms with Gasteiger partial charge in [0.25, 0.3) is 0 Å². The van der Waals surface area contributed by atoms with Gasteiger partial charge in [-0.2, -0.15) is 0 Å². The number of fused-ring (bicyclic) bond motifs is 15. The second-order valence-electron chi connectivity index (χ2n) is 14.3. The highest BCUT2D eigenvalue weighted by Crippen LogP contribution is 2.41. The maximum atomic E-state index is 4.78. The topological polar surface area (TPSA) is 56.5 Å². The van der Waals surface area contributed by atoms with Crippen LogP contribution in [0.3, 0.4) is 0 Å². The molecule has 0 spiro atoms. The van der Waals surface area contributed by atoms with E-state index in [9.17, 15) is 0 Å². The maximum Gasteiger partial charge on any atom is 0.0971 e. The van der Waals surface area contributed by atoms with Crippen molar-refractivity contribution in [2.24, 2.45) is 0 Å². The third-order valence-corrected chi connectivity index (χ3v) is 11.3. The zero-order valence-corrected chi connectivity index (χ0v) is 29.5. The van der Waals surface area contributed by atoms with Crippen LogP contribution < -0.4 is 0 Å². The number of benzene rings is 9. The molecular formula is C50H29N5. The van der Waals surface area contributed by atoms with Gasteiger partial charge in [-0.1, -0.05) is 103 Å². The molecule has 55 heavy (non-hydrogen) atoms. The van der Waals surface area contributed by atoms with Gasteiger partial charge in [0.2, 0.25) is 0 Å². The van der Waals surface area contributed by atoms with Gasteiger partial charge < -0.3 is 4.57 Å². The summed E-state index contributed by atoms with van der Waals surface area (Å²) in [6.45, 7) is 0. The highest BCUT2D eigenvalue weighted by atomic mass is 15.0. The fraction of sp³-hybridized carbons (Fsp3) is 0. The molecule has 0 bridgehead atoms.